The summed E-state index contributed by atoms with van der Waals surface area (Å²) in [6.45, 7) is 5.65. The summed E-state index contributed by atoms with van der Waals surface area (Å²) >= 11 is 0. The Balaban J connectivity index is 2.09. The zero-order valence-electron chi connectivity index (χ0n) is 13.1. The maximum atomic E-state index is 12.5. The first kappa shape index (κ1) is 14.8. The standard InChI is InChI=1S/C17H20N2O3/c1-10(2)19-16(20)14-7-5-4-6-13(14)15(18-19)17(21)22-11(3)12-8-9-12/h4-7,10-12H,8-9H2,1-3H3. The number of carbonyl (C=O) groups is 1. The van der Waals surface area contributed by atoms with Crippen LogP contribution in [0.15, 0.2) is 29.1 Å². The second-order valence-corrected chi connectivity index (χ2v) is 6.19. The summed E-state index contributed by atoms with van der Waals surface area (Å²) in [4.78, 5) is 24.9. The van der Waals surface area contributed by atoms with Crippen molar-refractivity contribution in [1.82, 2.24) is 9.78 Å². The summed E-state index contributed by atoms with van der Waals surface area (Å²) in [6.07, 6.45) is 2.11. The van der Waals surface area contributed by atoms with Crippen molar-refractivity contribution in [2.24, 2.45) is 5.92 Å². The van der Waals surface area contributed by atoms with E-state index in [1.54, 1.807) is 24.3 Å². The van der Waals surface area contributed by atoms with Crippen LogP contribution < -0.4 is 5.56 Å². The molecule has 22 heavy (non-hydrogen) atoms. The van der Waals surface area contributed by atoms with Crippen molar-refractivity contribution in [2.45, 2.75) is 45.8 Å². The first-order valence-corrected chi connectivity index (χ1v) is 7.71. The smallest absolute Gasteiger partial charge is 0.359 e. The molecule has 0 radical (unpaired) electrons. The zero-order chi connectivity index (χ0) is 15.9. The van der Waals surface area contributed by atoms with E-state index in [0.29, 0.717) is 16.7 Å². The summed E-state index contributed by atoms with van der Waals surface area (Å²) in [5.41, 5.74) is 0.0359. The number of benzene rings is 1. The molecule has 1 aliphatic rings. The van der Waals surface area contributed by atoms with Crippen LogP contribution in [0.1, 0.15) is 50.1 Å². The SMILES string of the molecule is CC(OC(=O)c1nn(C(C)C)c(=O)c2ccccc12)C1CC1. The maximum Gasteiger partial charge on any atom is 0.359 e. The highest BCUT2D eigenvalue weighted by Gasteiger charge is 2.31. The minimum absolute atomic E-state index is 0.104. The quantitative estimate of drug-likeness (QED) is 0.815. The van der Waals surface area contributed by atoms with Crippen molar-refractivity contribution in [1.29, 1.82) is 0 Å². The van der Waals surface area contributed by atoms with Crippen molar-refractivity contribution in [3.63, 3.8) is 0 Å². The van der Waals surface area contributed by atoms with Gasteiger partial charge in [0, 0.05) is 5.39 Å². The highest BCUT2D eigenvalue weighted by molar-refractivity contribution is 6.02. The molecule has 5 nitrogen and oxygen atoms in total. The monoisotopic (exact) mass is 300 g/mol. The van der Waals surface area contributed by atoms with Crippen LogP contribution in [0.2, 0.25) is 0 Å². The molecule has 1 fully saturated rings. The van der Waals surface area contributed by atoms with Gasteiger partial charge in [-0.2, -0.15) is 5.10 Å². The highest BCUT2D eigenvalue weighted by atomic mass is 16.5. The Kier molecular flexibility index (Phi) is 3.72. The number of aromatic nitrogens is 2. The van der Waals surface area contributed by atoms with Crippen molar-refractivity contribution < 1.29 is 9.53 Å². The molecular formula is C17H20N2O3. The number of ether oxygens (including phenoxy) is 1. The van der Waals surface area contributed by atoms with E-state index in [-0.39, 0.29) is 23.4 Å². The van der Waals surface area contributed by atoms with Crippen LogP contribution in [0, 0.1) is 5.92 Å². The predicted molar refractivity (Wildman–Crippen MR) is 84.0 cm³/mol. The van der Waals surface area contributed by atoms with Crippen LogP contribution in [0.25, 0.3) is 10.8 Å². The zero-order valence-corrected chi connectivity index (χ0v) is 13.1. The van der Waals surface area contributed by atoms with E-state index < -0.39 is 5.97 Å². The molecule has 0 N–H and O–H groups in total. The van der Waals surface area contributed by atoms with Gasteiger partial charge in [-0.1, -0.05) is 18.2 Å². The Morgan fingerprint density at radius 1 is 1.23 bits per heavy atom. The average Bonchev–Trinajstić information content (AvgIpc) is 3.32. The first-order chi connectivity index (χ1) is 10.5. The molecule has 0 aliphatic heterocycles. The topological polar surface area (TPSA) is 61.2 Å². The first-order valence-electron chi connectivity index (χ1n) is 7.71. The number of hydrogen-bond donors (Lipinski definition) is 0. The van der Waals surface area contributed by atoms with Crippen molar-refractivity contribution in [3.8, 4) is 0 Å². The molecule has 116 valence electrons. The Morgan fingerprint density at radius 2 is 1.86 bits per heavy atom. The molecule has 0 amide bonds. The van der Waals surface area contributed by atoms with Gasteiger partial charge in [0.05, 0.1) is 11.4 Å². The normalized spacial score (nSPS) is 16.0. The van der Waals surface area contributed by atoms with Crippen molar-refractivity contribution >= 4 is 16.7 Å². The van der Waals surface area contributed by atoms with Crippen LogP contribution in [0.5, 0.6) is 0 Å². The van der Waals surface area contributed by atoms with Crippen molar-refractivity contribution in [2.75, 3.05) is 0 Å². The third kappa shape index (κ3) is 2.63. The fourth-order valence-electron chi connectivity index (χ4n) is 2.59. The van der Waals surface area contributed by atoms with E-state index in [1.807, 2.05) is 20.8 Å². The second kappa shape index (κ2) is 5.55. The summed E-state index contributed by atoms with van der Waals surface area (Å²) in [5.74, 6) is 0.0104. The Bertz CT molecular complexity index is 775. The molecule has 1 unspecified atom stereocenters. The van der Waals surface area contributed by atoms with Crippen LogP contribution in [0.3, 0.4) is 0 Å². The molecule has 5 heteroatoms. The van der Waals surface area contributed by atoms with Gasteiger partial charge in [-0.25, -0.2) is 9.48 Å². The van der Waals surface area contributed by atoms with Gasteiger partial charge in [0.15, 0.2) is 5.69 Å². The van der Waals surface area contributed by atoms with E-state index in [2.05, 4.69) is 5.10 Å². The van der Waals surface area contributed by atoms with Gasteiger partial charge >= 0.3 is 5.97 Å². The second-order valence-electron chi connectivity index (χ2n) is 6.19. The summed E-state index contributed by atoms with van der Waals surface area (Å²) in [5, 5.41) is 5.31. The molecule has 1 aromatic heterocycles. The largest absolute Gasteiger partial charge is 0.458 e. The maximum absolute atomic E-state index is 12.5. The van der Waals surface area contributed by atoms with Crippen LogP contribution in [-0.4, -0.2) is 21.9 Å². The molecule has 3 rings (SSSR count). The molecule has 0 bridgehead atoms. The van der Waals surface area contributed by atoms with Crippen molar-refractivity contribution in [3.05, 3.63) is 40.3 Å². The predicted octanol–water partition coefficient (Wildman–Crippen LogP) is 2.93. The van der Waals surface area contributed by atoms with Gasteiger partial charge in [-0.05, 0) is 45.6 Å². The molecule has 1 heterocycles. The lowest BCUT2D eigenvalue weighted by atomic mass is 10.1. The molecule has 0 saturated heterocycles. The summed E-state index contributed by atoms with van der Waals surface area (Å²) < 4.78 is 6.87. The lowest BCUT2D eigenvalue weighted by Crippen LogP contribution is -2.28. The van der Waals surface area contributed by atoms with Gasteiger partial charge in [0.25, 0.3) is 5.56 Å². The van der Waals surface area contributed by atoms with Gasteiger partial charge < -0.3 is 4.74 Å². The molecule has 1 atom stereocenters. The fourth-order valence-corrected chi connectivity index (χ4v) is 2.59. The third-order valence-electron chi connectivity index (χ3n) is 4.09. The molecule has 1 aromatic carbocycles. The van der Waals surface area contributed by atoms with Gasteiger partial charge in [-0.3, -0.25) is 4.79 Å². The number of hydrogen-bond acceptors (Lipinski definition) is 4. The number of fused-ring (bicyclic) bond motifs is 1. The summed E-state index contributed by atoms with van der Waals surface area (Å²) in [7, 11) is 0. The number of esters is 1. The van der Waals surface area contributed by atoms with Crippen LogP contribution in [-0.2, 0) is 4.74 Å². The van der Waals surface area contributed by atoms with Gasteiger partial charge in [0.2, 0.25) is 0 Å². The highest BCUT2D eigenvalue weighted by Crippen LogP contribution is 2.34. The third-order valence-corrected chi connectivity index (χ3v) is 4.09. The minimum Gasteiger partial charge on any atom is -0.458 e. The van der Waals surface area contributed by atoms with Crippen LogP contribution in [0.4, 0.5) is 0 Å². The van der Waals surface area contributed by atoms with E-state index >= 15 is 0 Å². The molecule has 1 aliphatic carbocycles. The van der Waals surface area contributed by atoms with E-state index in [4.69, 9.17) is 4.74 Å². The number of carbonyl (C=O) groups excluding carboxylic acids is 1. The lowest BCUT2D eigenvalue weighted by molar-refractivity contribution is 0.0287. The molecular weight excluding hydrogens is 280 g/mol. The minimum atomic E-state index is -0.454. The van der Waals surface area contributed by atoms with Gasteiger partial charge in [0.1, 0.15) is 6.10 Å². The lowest BCUT2D eigenvalue weighted by Gasteiger charge is -2.15. The van der Waals surface area contributed by atoms with E-state index in [1.165, 1.54) is 4.68 Å². The number of rotatable bonds is 4. The Labute approximate surface area is 128 Å². The molecule has 2 aromatic rings. The fraction of sp³-hybridized carbons (Fsp3) is 0.471. The number of nitrogens with zero attached hydrogens (tertiary/aromatic N) is 2. The van der Waals surface area contributed by atoms with Crippen LogP contribution >= 0.6 is 0 Å². The van der Waals surface area contributed by atoms with Gasteiger partial charge in [-0.15, -0.1) is 0 Å². The molecule has 1 saturated carbocycles. The Hall–Kier alpha value is -2.17. The average molecular weight is 300 g/mol. The van der Waals surface area contributed by atoms with E-state index in [0.717, 1.165) is 12.8 Å². The molecule has 0 spiro atoms. The summed E-state index contributed by atoms with van der Waals surface area (Å²) in [6, 6.07) is 6.93. The van der Waals surface area contributed by atoms with E-state index in [9.17, 15) is 9.59 Å². The Morgan fingerprint density at radius 3 is 2.45 bits per heavy atom.